The highest BCUT2D eigenvalue weighted by Crippen LogP contribution is 2.27. The molecule has 8 nitrogen and oxygen atoms in total. The number of hydrogen-bond acceptors (Lipinski definition) is 7. The van der Waals surface area contributed by atoms with Crippen LogP contribution in [-0.4, -0.2) is 52.6 Å². The molecule has 1 aliphatic rings. The summed E-state index contributed by atoms with van der Waals surface area (Å²) in [5.41, 5.74) is 2.90. The van der Waals surface area contributed by atoms with E-state index in [9.17, 15) is 14.4 Å². The molecule has 1 amide bonds. The molecule has 0 spiro atoms. The highest BCUT2D eigenvalue weighted by atomic mass is 32.1. The first kappa shape index (κ1) is 22.7. The molecule has 2 aromatic heterocycles. The molecule has 0 atom stereocenters. The molecule has 0 saturated heterocycles. The number of ketones is 1. The molecule has 3 heterocycles. The Morgan fingerprint density at radius 1 is 1.09 bits per heavy atom. The van der Waals surface area contributed by atoms with Crippen LogP contribution in [0, 0.1) is 0 Å². The first-order valence-corrected chi connectivity index (χ1v) is 11.5. The van der Waals surface area contributed by atoms with Gasteiger partial charge < -0.3 is 14.4 Å². The number of esters is 1. The predicted molar refractivity (Wildman–Crippen MR) is 123 cm³/mol. The molecule has 0 saturated carbocycles. The summed E-state index contributed by atoms with van der Waals surface area (Å²) in [5, 5.41) is 4.57. The largest absolute Gasteiger partial charge is 0.497 e. The lowest BCUT2D eigenvalue weighted by atomic mass is 10.0. The van der Waals surface area contributed by atoms with Crippen LogP contribution in [0.25, 0.3) is 0 Å². The summed E-state index contributed by atoms with van der Waals surface area (Å²) in [7, 11) is 1.62. The van der Waals surface area contributed by atoms with Crippen molar-refractivity contribution < 1.29 is 23.9 Å². The molecule has 4 rings (SSSR count). The van der Waals surface area contributed by atoms with Gasteiger partial charge in [0.2, 0.25) is 0 Å². The molecule has 0 unspecified atom stereocenters. The lowest BCUT2D eigenvalue weighted by Crippen LogP contribution is -2.36. The van der Waals surface area contributed by atoms with Crippen LogP contribution >= 0.6 is 11.3 Å². The van der Waals surface area contributed by atoms with Crippen molar-refractivity contribution in [1.29, 1.82) is 0 Å². The molecule has 1 aromatic carbocycles. The summed E-state index contributed by atoms with van der Waals surface area (Å²) >= 11 is 1.19. The maximum atomic E-state index is 13.1. The van der Waals surface area contributed by atoms with Crippen LogP contribution in [0.15, 0.2) is 36.4 Å². The minimum Gasteiger partial charge on any atom is -0.497 e. The van der Waals surface area contributed by atoms with Gasteiger partial charge in [-0.2, -0.15) is 5.10 Å². The summed E-state index contributed by atoms with van der Waals surface area (Å²) in [6, 6.07) is 11.0. The number of nitrogens with zero attached hydrogens (tertiary/aromatic N) is 3. The Hall–Kier alpha value is -3.46. The quantitative estimate of drug-likeness (QED) is 0.390. The van der Waals surface area contributed by atoms with Gasteiger partial charge in [0.25, 0.3) is 5.91 Å². The van der Waals surface area contributed by atoms with Crippen LogP contribution in [0.3, 0.4) is 0 Å². The van der Waals surface area contributed by atoms with Crippen molar-refractivity contribution in [2.45, 2.75) is 33.4 Å². The van der Waals surface area contributed by atoms with Gasteiger partial charge in [-0.1, -0.05) is 12.1 Å². The van der Waals surface area contributed by atoms with Crippen molar-refractivity contribution in [1.82, 2.24) is 14.7 Å². The Balaban J connectivity index is 1.62. The van der Waals surface area contributed by atoms with E-state index in [4.69, 9.17) is 9.47 Å². The van der Waals surface area contributed by atoms with Gasteiger partial charge in [0, 0.05) is 24.2 Å². The molecular weight excluding hydrogens is 442 g/mol. The van der Waals surface area contributed by atoms with E-state index in [0.717, 1.165) is 17.0 Å². The molecule has 33 heavy (non-hydrogen) atoms. The highest BCUT2D eigenvalue weighted by molar-refractivity contribution is 7.15. The van der Waals surface area contributed by atoms with Gasteiger partial charge in [-0.15, -0.1) is 11.3 Å². The van der Waals surface area contributed by atoms with Crippen LogP contribution in [0.2, 0.25) is 0 Å². The zero-order valence-electron chi connectivity index (χ0n) is 18.8. The summed E-state index contributed by atoms with van der Waals surface area (Å²) in [5.74, 6) is 0.0517. The normalized spacial score (nSPS) is 12.9. The number of Topliss-reactive ketones (excluding diaryl/α,β-unsaturated/α-hetero) is 1. The van der Waals surface area contributed by atoms with E-state index in [1.54, 1.807) is 31.1 Å². The molecule has 0 fully saturated rings. The fourth-order valence-electron chi connectivity index (χ4n) is 3.86. The second kappa shape index (κ2) is 9.58. The van der Waals surface area contributed by atoms with E-state index in [2.05, 4.69) is 5.10 Å². The fraction of sp³-hybridized carbons (Fsp3) is 0.333. The molecule has 9 heteroatoms. The fourth-order valence-corrected chi connectivity index (χ4v) is 4.73. The number of benzene rings is 1. The highest BCUT2D eigenvalue weighted by Gasteiger charge is 2.31. The number of fused-ring (bicyclic) bond motifs is 1. The third-order valence-electron chi connectivity index (χ3n) is 5.55. The van der Waals surface area contributed by atoms with Crippen LogP contribution in [0.5, 0.6) is 5.75 Å². The second-order valence-corrected chi connectivity index (χ2v) is 8.78. The zero-order chi connectivity index (χ0) is 23.5. The van der Waals surface area contributed by atoms with Crippen molar-refractivity contribution in [2.24, 2.45) is 0 Å². The third kappa shape index (κ3) is 4.68. The molecule has 172 valence electrons. The van der Waals surface area contributed by atoms with Crippen LogP contribution in [0.4, 0.5) is 0 Å². The Morgan fingerprint density at radius 2 is 1.82 bits per heavy atom. The molecule has 0 bridgehead atoms. The molecule has 0 N–H and O–H groups in total. The SMILES string of the molecule is CCOC(=O)c1nn(Cc2ccc(OC)cc2)c2c1CN(C(=O)c1ccc(C(C)=O)s1)CC2. The van der Waals surface area contributed by atoms with E-state index in [1.165, 1.54) is 18.3 Å². The number of amides is 1. The van der Waals surface area contributed by atoms with E-state index in [0.29, 0.717) is 34.8 Å². The third-order valence-corrected chi connectivity index (χ3v) is 6.72. The predicted octanol–water partition coefficient (Wildman–Crippen LogP) is 3.58. The van der Waals surface area contributed by atoms with Crippen molar-refractivity contribution in [2.75, 3.05) is 20.3 Å². The van der Waals surface area contributed by atoms with E-state index in [-0.39, 0.29) is 30.5 Å². The standard InChI is InChI=1S/C24H25N3O5S/c1-4-32-24(30)22-18-14-26(23(29)21-10-9-20(33-21)15(2)28)12-11-19(18)27(25-22)13-16-5-7-17(31-3)8-6-16/h5-10H,4,11-14H2,1-3H3. The molecule has 0 radical (unpaired) electrons. The number of methoxy groups -OCH3 is 1. The number of thiophene rings is 1. The number of rotatable bonds is 7. The summed E-state index contributed by atoms with van der Waals surface area (Å²) in [6.45, 7) is 4.72. The number of ether oxygens (including phenoxy) is 2. The zero-order valence-corrected chi connectivity index (χ0v) is 19.6. The van der Waals surface area contributed by atoms with Gasteiger partial charge in [0.05, 0.1) is 36.6 Å². The topological polar surface area (TPSA) is 90.7 Å². The average Bonchev–Trinajstić information content (AvgIpc) is 3.45. The van der Waals surface area contributed by atoms with E-state index < -0.39 is 5.97 Å². The Labute approximate surface area is 195 Å². The summed E-state index contributed by atoms with van der Waals surface area (Å²) < 4.78 is 12.3. The Bertz CT molecular complexity index is 1200. The van der Waals surface area contributed by atoms with Crippen molar-refractivity contribution >= 4 is 29.0 Å². The van der Waals surface area contributed by atoms with Gasteiger partial charge in [0.1, 0.15) is 5.75 Å². The van der Waals surface area contributed by atoms with Crippen molar-refractivity contribution in [3.8, 4) is 5.75 Å². The lowest BCUT2D eigenvalue weighted by Gasteiger charge is -2.27. The average molecular weight is 468 g/mol. The minimum absolute atomic E-state index is 0.0654. The summed E-state index contributed by atoms with van der Waals surface area (Å²) in [6.07, 6.45) is 0.564. The maximum absolute atomic E-state index is 13.1. The maximum Gasteiger partial charge on any atom is 0.359 e. The number of carbonyl (C=O) groups is 3. The van der Waals surface area contributed by atoms with Crippen LogP contribution in [-0.2, 0) is 24.2 Å². The Kier molecular flexibility index (Phi) is 6.60. The first-order valence-electron chi connectivity index (χ1n) is 10.7. The van der Waals surface area contributed by atoms with E-state index in [1.807, 2.05) is 28.9 Å². The minimum atomic E-state index is -0.494. The van der Waals surface area contributed by atoms with Gasteiger partial charge >= 0.3 is 5.97 Å². The first-order chi connectivity index (χ1) is 15.9. The molecule has 1 aliphatic heterocycles. The van der Waals surface area contributed by atoms with Gasteiger partial charge in [-0.3, -0.25) is 14.3 Å². The number of carbonyl (C=O) groups excluding carboxylic acids is 3. The number of hydrogen-bond donors (Lipinski definition) is 0. The van der Waals surface area contributed by atoms with Gasteiger partial charge in [-0.25, -0.2) is 4.79 Å². The van der Waals surface area contributed by atoms with Crippen molar-refractivity contribution in [3.63, 3.8) is 0 Å². The molecule has 3 aromatic rings. The molecule has 0 aliphatic carbocycles. The molecular formula is C24H25N3O5S. The van der Waals surface area contributed by atoms with Gasteiger partial charge in [0.15, 0.2) is 11.5 Å². The smallest absolute Gasteiger partial charge is 0.359 e. The van der Waals surface area contributed by atoms with Gasteiger partial charge in [-0.05, 0) is 43.7 Å². The van der Waals surface area contributed by atoms with Crippen LogP contribution < -0.4 is 4.74 Å². The van der Waals surface area contributed by atoms with E-state index >= 15 is 0 Å². The van der Waals surface area contributed by atoms with Crippen molar-refractivity contribution in [3.05, 3.63) is 68.7 Å². The second-order valence-electron chi connectivity index (χ2n) is 7.70. The summed E-state index contributed by atoms with van der Waals surface area (Å²) in [4.78, 5) is 40.1. The monoisotopic (exact) mass is 467 g/mol. The number of aromatic nitrogens is 2. The Morgan fingerprint density at radius 3 is 2.45 bits per heavy atom. The van der Waals surface area contributed by atoms with Crippen LogP contribution in [0.1, 0.15) is 60.5 Å². The lowest BCUT2D eigenvalue weighted by molar-refractivity contribution is 0.0513.